The fourth-order valence-corrected chi connectivity index (χ4v) is 6.98. The van der Waals surface area contributed by atoms with Gasteiger partial charge in [-0.05, 0) is 12.8 Å². The molecule has 9 nitrogen and oxygen atoms in total. The Bertz CT molecular complexity index is 756. The van der Waals surface area contributed by atoms with Gasteiger partial charge in [-0.3, -0.25) is 4.79 Å². The van der Waals surface area contributed by atoms with E-state index in [9.17, 15) is 30.3 Å². The Hall–Kier alpha value is -0.810. The molecule has 0 aliphatic carbocycles. The van der Waals surface area contributed by atoms with Crippen LogP contribution in [0.4, 0.5) is 0 Å². The Morgan fingerprint density at radius 2 is 1.00 bits per heavy atom. The van der Waals surface area contributed by atoms with Crippen molar-refractivity contribution < 1.29 is 39.8 Å². The Labute approximate surface area is 306 Å². The van der Waals surface area contributed by atoms with Gasteiger partial charge in [-0.25, -0.2) is 0 Å². The summed E-state index contributed by atoms with van der Waals surface area (Å²) in [6.07, 6.45) is 27.0. The number of unbranched alkanes of at least 4 members (excludes halogenated alkanes) is 25. The number of nitrogens with one attached hydrogen (secondary N) is 1. The average Bonchev–Trinajstić information content (AvgIpc) is 3.11. The zero-order valence-corrected chi connectivity index (χ0v) is 32.4. The number of ether oxygens (including phenoxy) is 2. The van der Waals surface area contributed by atoms with Crippen molar-refractivity contribution in [3.8, 4) is 0 Å². The number of aliphatic hydroxyl groups is 5. The molecule has 0 aromatic heterocycles. The monoisotopic (exact) mass is 716 g/mol. The van der Waals surface area contributed by atoms with Crippen molar-refractivity contribution in [2.45, 2.75) is 243 Å². The summed E-state index contributed by atoms with van der Waals surface area (Å²) in [5.41, 5.74) is 0. The van der Waals surface area contributed by atoms with Crippen LogP contribution in [-0.4, -0.2) is 87.5 Å². The maximum absolute atomic E-state index is 12.9. The molecule has 0 spiro atoms. The SMILES string of the molecule is CCCCCCCCCCCCCCCCCCCCCC(=O)NC(COC1OC(CO)C(O)C(O)C1O)C(O)CCCCCCCCCC. The van der Waals surface area contributed by atoms with E-state index in [1.54, 1.807) is 0 Å². The van der Waals surface area contributed by atoms with Gasteiger partial charge in [0.1, 0.15) is 24.4 Å². The lowest BCUT2D eigenvalue weighted by molar-refractivity contribution is -0.302. The molecule has 1 heterocycles. The average molecular weight is 716 g/mol. The molecule has 7 unspecified atom stereocenters. The Kier molecular flexibility index (Phi) is 31.0. The van der Waals surface area contributed by atoms with Crippen LogP contribution in [-0.2, 0) is 14.3 Å². The molecule has 0 saturated carbocycles. The van der Waals surface area contributed by atoms with Gasteiger partial charge in [0, 0.05) is 6.42 Å². The lowest BCUT2D eigenvalue weighted by Gasteiger charge is -2.40. The van der Waals surface area contributed by atoms with Gasteiger partial charge >= 0.3 is 0 Å². The van der Waals surface area contributed by atoms with Crippen LogP contribution in [0.3, 0.4) is 0 Å². The zero-order chi connectivity index (χ0) is 36.7. The van der Waals surface area contributed by atoms with E-state index in [-0.39, 0.29) is 12.5 Å². The lowest BCUT2D eigenvalue weighted by Crippen LogP contribution is -2.60. The predicted octanol–water partition coefficient (Wildman–Crippen LogP) is 8.00. The van der Waals surface area contributed by atoms with E-state index in [4.69, 9.17) is 9.47 Å². The number of hydrogen-bond acceptors (Lipinski definition) is 8. The quantitative estimate of drug-likeness (QED) is 0.0362. The molecule has 0 aromatic carbocycles. The summed E-state index contributed by atoms with van der Waals surface area (Å²) in [4.78, 5) is 12.9. The number of aliphatic hydroxyl groups excluding tert-OH is 5. The van der Waals surface area contributed by atoms with E-state index >= 15 is 0 Å². The van der Waals surface area contributed by atoms with Crippen LogP contribution in [0.5, 0.6) is 0 Å². The third-order valence-electron chi connectivity index (χ3n) is 10.5. The van der Waals surface area contributed by atoms with Crippen molar-refractivity contribution in [3.63, 3.8) is 0 Å². The van der Waals surface area contributed by atoms with Gasteiger partial charge in [-0.15, -0.1) is 0 Å². The highest BCUT2D eigenvalue weighted by Crippen LogP contribution is 2.23. The summed E-state index contributed by atoms with van der Waals surface area (Å²) in [5.74, 6) is -0.144. The zero-order valence-electron chi connectivity index (χ0n) is 32.4. The molecule has 6 N–H and O–H groups in total. The van der Waals surface area contributed by atoms with Gasteiger partial charge < -0.3 is 40.3 Å². The molecule has 1 aliphatic rings. The van der Waals surface area contributed by atoms with E-state index in [0.717, 1.165) is 38.5 Å². The Morgan fingerprint density at radius 3 is 1.42 bits per heavy atom. The van der Waals surface area contributed by atoms with Crippen LogP contribution in [0.2, 0.25) is 0 Å². The maximum atomic E-state index is 12.9. The number of carbonyl (C=O) groups excluding carboxylic acids is 1. The highest BCUT2D eigenvalue weighted by molar-refractivity contribution is 5.76. The van der Waals surface area contributed by atoms with Gasteiger partial charge in [0.25, 0.3) is 0 Å². The molecule has 1 amide bonds. The number of rotatable bonds is 35. The molecule has 1 fully saturated rings. The second kappa shape index (κ2) is 32.8. The molecule has 1 aliphatic heterocycles. The van der Waals surface area contributed by atoms with Crippen LogP contribution in [0.15, 0.2) is 0 Å². The van der Waals surface area contributed by atoms with E-state index in [1.807, 2.05) is 0 Å². The number of amides is 1. The molecule has 0 aromatic rings. The first-order valence-corrected chi connectivity index (χ1v) is 21.2. The summed E-state index contributed by atoms with van der Waals surface area (Å²) < 4.78 is 11.2. The van der Waals surface area contributed by atoms with Crippen molar-refractivity contribution in [2.24, 2.45) is 0 Å². The molecule has 7 atom stereocenters. The Balaban J connectivity index is 2.27. The van der Waals surface area contributed by atoms with Crippen LogP contribution in [0.1, 0.15) is 200 Å². The molecule has 1 saturated heterocycles. The summed E-state index contributed by atoms with van der Waals surface area (Å²) >= 11 is 0. The lowest BCUT2D eigenvalue weighted by atomic mass is 9.99. The molecular weight excluding hydrogens is 634 g/mol. The number of hydrogen-bond donors (Lipinski definition) is 6. The van der Waals surface area contributed by atoms with Crippen LogP contribution < -0.4 is 5.32 Å². The van der Waals surface area contributed by atoms with Crippen LogP contribution in [0, 0.1) is 0 Å². The minimum absolute atomic E-state index is 0.133. The minimum Gasteiger partial charge on any atom is -0.394 e. The van der Waals surface area contributed by atoms with Crippen molar-refractivity contribution in [1.29, 1.82) is 0 Å². The summed E-state index contributed by atoms with van der Waals surface area (Å²) in [6, 6.07) is -0.709. The molecule has 0 bridgehead atoms. The maximum Gasteiger partial charge on any atom is 0.220 e. The van der Waals surface area contributed by atoms with Crippen molar-refractivity contribution >= 4 is 5.91 Å². The van der Waals surface area contributed by atoms with Crippen LogP contribution in [0.25, 0.3) is 0 Å². The molecular formula is C41H81NO8. The van der Waals surface area contributed by atoms with E-state index < -0.39 is 49.5 Å². The molecule has 298 valence electrons. The third kappa shape index (κ3) is 23.7. The Morgan fingerprint density at radius 1 is 0.600 bits per heavy atom. The normalized spacial score (nSPS) is 22.1. The predicted molar refractivity (Wildman–Crippen MR) is 203 cm³/mol. The first-order chi connectivity index (χ1) is 24.3. The second-order valence-corrected chi connectivity index (χ2v) is 15.1. The van der Waals surface area contributed by atoms with E-state index in [2.05, 4.69) is 19.2 Å². The first kappa shape index (κ1) is 47.2. The van der Waals surface area contributed by atoms with Crippen molar-refractivity contribution in [3.05, 3.63) is 0 Å². The molecule has 9 heteroatoms. The smallest absolute Gasteiger partial charge is 0.220 e. The number of carbonyl (C=O) groups is 1. The summed E-state index contributed by atoms with van der Waals surface area (Å²) in [7, 11) is 0. The van der Waals surface area contributed by atoms with Gasteiger partial charge in [0.05, 0.1) is 25.4 Å². The molecule has 50 heavy (non-hydrogen) atoms. The van der Waals surface area contributed by atoms with Gasteiger partial charge in [0.15, 0.2) is 6.29 Å². The highest BCUT2D eigenvalue weighted by atomic mass is 16.7. The molecule has 0 radical (unpaired) electrons. The largest absolute Gasteiger partial charge is 0.394 e. The topological polar surface area (TPSA) is 149 Å². The van der Waals surface area contributed by atoms with Crippen LogP contribution >= 0.6 is 0 Å². The second-order valence-electron chi connectivity index (χ2n) is 15.1. The highest BCUT2D eigenvalue weighted by Gasteiger charge is 2.44. The first-order valence-electron chi connectivity index (χ1n) is 21.2. The van der Waals surface area contributed by atoms with E-state index in [1.165, 1.54) is 135 Å². The van der Waals surface area contributed by atoms with Crippen molar-refractivity contribution in [1.82, 2.24) is 5.32 Å². The minimum atomic E-state index is -1.55. The third-order valence-corrected chi connectivity index (χ3v) is 10.5. The molecule has 1 rings (SSSR count). The fraction of sp³-hybridized carbons (Fsp3) is 0.976. The summed E-state index contributed by atoms with van der Waals surface area (Å²) in [6.45, 7) is 3.80. The van der Waals surface area contributed by atoms with E-state index in [0.29, 0.717) is 12.8 Å². The standard InChI is InChI=1S/C41H81NO8/c1-3-5-7-9-11-13-14-15-16-17-18-19-20-21-22-23-25-27-29-31-37(45)42-34(35(44)30-28-26-24-12-10-8-6-4-2)33-49-41-40(48)39(47)38(46)36(32-43)50-41/h34-36,38-41,43-44,46-48H,3-33H2,1-2H3,(H,42,45). The van der Waals surface area contributed by atoms with Gasteiger partial charge in [-0.2, -0.15) is 0 Å². The van der Waals surface area contributed by atoms with Gasteiger partial charge in [-0.1, -0.05) is 181 Å². The fourth-order valence-electron chi connectivity index (χ4n) is 6.98. The van der Waals surface area contributed by atoms with Crippen molar-refractivity contribution in [2.75, 3.05) is 13.2 Å². The van der Waals surface area contributed by atoms with Gasteiger partial charge in [0.2, 0.25) is 5.91 Å². The summed E-state index contributed by atoms with van der Waals surface area (Å²) in [5, 5.41) is 54.0.